The fraction of sp³-hybridized carbons (Fsp3) is 0.750. The Kier molecular flexibility index (Phi) is 6.71. The summed E-state index contributed by atoms with van der Waals surface area (Å²) in [5.74, 6) is 1.68. The minimum atomic E-state index is 0.528. The number of hydrogen-bond donors (Lipinski definition) is 1. The summed E-state index contributed by atoms with van der Waals surface area (Å²) in [5.41, 5.74) is 0. The molecular formula is C16H27ClN4. The van der Waals surface area contributed by atoms with E-state index in [1.165, 1.54) is 25.8 Å². The van der Waals surface area contributed by atoms with E-state index in [0.29, 0.717) is 5.15 Å². The molecule has 1 aromatic heterocycles. The van der Waals surface area contributed by atoms with Gasteiger partial charge in [0.05, 0.1) is 0 Å². The second-order valence-electron chi connectivity index (χ2n) is 5.90. The van der Waals surface area contributed by atoms with E-state index < -0.39 is 0 Å². The van der Waals surface area contributed by atoms with Gasteiger partial charge in [-0.05, 0) is 39.2 Å². The number of aromatic nitrogens is 2. The van der Waals surface area contributed by atoms with Gasteiger partial charge in [-0.25, -0.2) is 9.97 Å². The molecule has 4 nitrogen and oxygen atoms in total. The van der Waals surface area contributed by atoms with Crippen molar-refractivity contribution in [2.75, 3.05) is 25.0 Å². The van der Waals surface area contributed by atoms with Gasteiger partial charge in [0.1, 0.15) is 16.8 Å². The Morgan fingerprint density at radius 2 is 2.24 bits per heavy atom. The van der Waals surface area contributed by atoms with Crippen LogP contribution < -0.4 is 5.32 Å². The Morgan fingerprint density at radius 3 is 3.00 bits per heavy atom. The van der Waals surface area contributed by atoms with Crippen molar-refractivity contribution in [3.8, 4) is 0 Å². The van der Waals surface area contributed by atoms with Gasteiger partial charge in [-0.15, -0.1) is 0 Å². The summed E-state index contributed by atoms with van der Waals surface area (Å²) < 4.78 is 0. The van der Waals surface area contributed by atoms with E-state index >= 15 is 0 Å². The van der Waals surface area contributed by atoms with Crippen LogP contribution in [0.1, 0.15) is 51.8 Å². The predicted molar refractivity (Wildman–Crippen MR) is 89.0 cm³/mol. The number of rotatable bonds is 7. The van der Waals surface area contributed by atoms with Gasteiger partial charge in [0.25, 0.3) is 0 Å². The molecule has 0 radical (unpaired) electrons. The van der Waals surface area contributed by atoms with E-state index in [4.69, 9.17) is 11.6 Å². The second kappa shape index (κ2) is 8.54. The maximum Gasteiger partial charge on any atom is 0.134 e. The van der Waals surface area contributed by atoms with Gasteiger partial charge in [-0.3, -0.25) is 0 Å². The molecule has 1 unspecified atom stereocenters. The lowest BCUT2D eigenvalue weighted by Crippen LogP contribution is -2.38. The highest BCUT2D eigenvalue weighted by Gasteiger charge is 2.17. The molecule has 1 saturated heterocycles. The fourth-order valence-corrected chi connectivity index (χ4v) is 3.08. The Hall–Kier alpha value is -0.870. The van der Waals surface area contributed by atoms with Gasteiger partial charge in [0, 0.05) is 31.6 Å². The topological polar surface area (TPSA) is 41.1 Å². The minimum absolute atomic E-state index is 0.528. The zero-order valence-electron chi connectivity index (χ0n) is 13.2. The summed E-state index contributed by atoms with van der Waals surface area (Å²) in [6, 6.07) is 2.55. The van der Waals surface area contributed by atoms with Crippen LogP contribution in [0.25, 0.3) is 0 Å². The van der Waals surface area contributed by atoms with Crippen LogP contribution in [0.15, 0.2) is 6.07 Å². The number of aryl methyl sites for hydroxylation is 1. The number of likely N-dealkylation sites (tertiary alicyclic amines) is 1. The first-order valence-electron chi connectivity index (χ1n) is 8.20. The minimum Gasteiger partial charge on any atom is -0.370 e. The number of piperidine rings is 1. The molecule has 0 aliphatic carbocycles. The molecule has 1 atom stereocenters. The van der Waals surface area contributed by atoms with E-state index in [1.54, 1.807) is 0 Å². The molecule has 0 spiro atoms. The summed E-state index contributed by atoms with van der Waals surface area (Å²) in [7, 11) is 0. The van der Waals surface area contributed by atoms with Crippen LogP contribution in [0.4, 0.5) is 5.82 Å². The third kappa shape index (κ3) is 5.44. The fourth-order valence-electron chi connectivity index (χ4n) is 2.88. The molecule has 1 aliphatic rings. The summed E-state index contributed by atoms with van der Waals surface area (Å²) in [6.45, 7) is 7.81. The summed E-state index contributed by atoms with van der Waals surface area (Å²) in [6.07, 6.45) is 7.12. The Balaban J connectivity index is 1.75. The molecule has 1 N–H and O–H groups in total. The first kappa shape index (κ1) is 16.5. The Morgan fingerprint density at radius 1 is 1.38 bits per heavy atom. The van der Waals surface area contributed by atoms with Crippen molar-refractivity contribution in [1.82, 2.24) is 14.9 Å². The van der Waals surface area contributed by atoms with E-state index in [0.717, 1.165) is 50.0 Å². The summed E-state index contributed by atoms with van der Waals surface area (Å²) in [5, 5.41) is 3.90. The van der Waals surface area contributed by atoms with Crippen molar-refractivity contribution in [1.29, 1.82) is 0 Å². The van der Waals surface area contributed by atoms with E-state index in [2.05, 4.69) is 34.0 Å². The van der Waals surface area contributed by atoms with E-state index in [1.807, 2.05) is 6.07 Å². The van der Waals surface area contributed by atoms with Crippen LogP contribution in [-0.4, -0.2) is 40.5 Å². The highest BCUT2D eigenvalue weighted by atomic mass is 35.5. The van der Waals surface area contributed by atoms with Crippen LogP contribution in [-0.2, 0) is 6.42 Å². The average molecular weight is 311 g/mol. The summed E-state index contributed by atoms with van der Waals surface area (Å²) >= 11 is 6.04. The van der Waals surface area contributed by atoms with E-state index in [-0.39, 0.29) is 0 Å². The molecule has 118 valence electrons. The zero-order valence-corrected chi connectivity index (χ0v) is 14.0. The number of hydrogen-bond acceptors (Lipinski definition) is 4. The average Bonchev–Trinajstić information content (AvgIpc) is 2.45. The quantitative estimate of drug-likeness (QED) is 0.615. The first-order chi connectivity index (χ1) is 10.2. The van der Waals surface area contributed by atoms with Crippen LogP contribution in [0.2, 0.25) is 5.15 Å². The third-order valence-electron chi connectivity index (χ3n) is 4.08. The Labute approximate surface area is 133 Å². The molecule has 21 heavy (non-hydrogen) atoms. The Bertz CT molecular complexity index is 438. The molecule has 0 aromatic carbocycles. The van der Waals surface area contributed by atoms with Gasteiger partial charge in [-0.1, -0.05) is 24.9 Å². The zero-order chi connectivity index (χ0) is 15.1. The standard InChI is InChI=1S/C16H27ClN4/c1-3-7-15-19-14(17)12-16(20-15)18-9-6-11-21-10-5-4-8-13(21)2/h12-13H,3-11H2,1-2H3,(H,18,19,20). The predicted octanol–water partition coefficient (Wildman–Crippen LogP) is 3.76. The molecule has 5 heteroatoms. The van der Waals surface area contributed by atoms with Gasteiger partial charge < -0.3 is 10.2 Å². The van der Waals surface area contributed by atoms with Gasteiger partial charge in [-0.2, -0.15) is 0 Å². The molecule has 1 aromatic rings. The van der Waals surface area contributed by atoms with Crippen LogP contribution in [0, 0.1) is 0 Å². The SMILES string of the molecule is CCCc1nc(Cl)cc(NCCCN2CCCCC2C)n1. The van der Waals surface area contributed by atoms with Crippen molar-refractivity contribution < 1.29 is 0 Å². The maximum atomic E-state index is 6.04. The number of anilines is 1. The van der Waals surface area contributed by atoms with Gasteiger partial charge in [0.15, 0.2) is 0 Å². The van der Waals surface area contributed by atoms with Crippen molar-refractivity contribution in [3.63, 3.8) is 0 Å². The van der Waals surface area contributed by atoms with Crippen LogP contribution in [0.5, 0.6) is 0 Å². The van der Waals surface area contributed by atoms with Gasteiger partial charge >= 0.3 is 0 Å². The molecule has 0 saturated carbocycles. The lowest BCUT2D eigenvalue weighted by atomic mass is 10.0. The number of nitrogens with one attached hydrogen (secondary N) is 1. The third-order valence-corrected chi connectivity index (χ3v) is 4.28. The lowest BCUT2D eigenvalue weighted by molar-refractivity contribution is 0.160. The summed E-state index contributed by atoms with van der Waals surface area (Å²) in [4.78, 5) is 11.3. The normalized spacial score (nSPS) is 19.7. The molecule has 2 rings (SSSR count). The van der Waals surface area contributed by atoms with Gasteiger partial charge in [0.2, 0.25) is 0 Å². The molecule has 0 bridgehead atoms. The highest BCUT2D eigenvalue weighted by Crippen LogP contribution is 2.16. The van der Waals surface area contributed by atoms with Crippen molar-refractivity contribution in [3.05, 3.63) is 17.0 Å². The van der Waals surface area contributed by atoms with E-state index in [9.17, 15) is 0 Å². The van der Waals surface area contributed by atoms with Crippen molar-refractivity contribution >= 4 is 17.4 Å². The highest BCUT2D eigenvalue weighted by molar-refractivity contribution is 6.29. The van der Waals surface area contributed by atoms with Crippen molar-refractivity contribution in [2.45, 2.75) is 58.4 Å². The molecule has 2 heterocycles. The second-order valence-corrected chi connectivity index (χ2v) is 6.29. The smallest absolute Gasteiger partial charge is 0.134 e. The van der Waals surface area contributed by atoms with Crippen LogP contribution >= 0.6 is 11.6 Å². The largest absolute Gasteiger partial charge is 0.370 e. The number of halogens is 1. The maximum absolute atomic E-state index is 6.04. The molecule has 0 amide bonds. The molecular weight excluding hydrogens is 284 g/mol. The molecule has 1 fully saturated rings. The van der Waals surface area contributed by atoms with Crippen molar-refractivity contribution in [2.24, 2.45) is 0 Å². The monoisotopic (exact) mass is 310 g/mol. The van der Waals surface area contributed by atoms with Crippen LogP contribution in [0.3, 0.4) is 0 Å². The number of nitrogens with zero attached hydrogens (tertiary/aromatic N) is 3. The lowest BCUT2D eigenvalue weighted by Gasteiger charge is -2.33. The molecule has 1 aliphatic heterocycles. The first-order valence-corrected chi connectivity index (χ1v) is 8.58.